The number of methoxy groups -OCH3 is 4. The van der Waals surface area contributed by atoms with Gasteiger partial charge < -0.3 is 77.2 Å². The van der Waals surface area contributed by atoms with Gasteiger partial charge in [-0.05, 0) is 102 Å². The summed E-state index contributed by atoms with van der Waals surface area (Å²) in [6.07, 6.45) is 2.69. The van der Waals surface area contributed by atoms with E-state index < -0.39 is 131 Å². The number of likely N-dealkylation sites (N-methyl/N-ethyl adjacent to an activating group) is 2. The minimum Gasteiger partial charge on any atom is -0.495 e. The van der Waals surface area contributed by atoms with Gasteiger partial charge in [-0.3, -0.25) is 29.8 Å². The predicted octanol–water partition coefficient (Wildman–Crippen LogP) is 8.84. The second-order valence-corrected chi connectivity index (χ2v) is 31.0. The molecule has 8 rings (SSSR count). The van der Waals surface area contributed by atoms with Crippen molar-refractivity contribution in [1.82, 2.24) is 20.4 Å². The van der Waals surface area contributed by atoms with Crippen LogP contribution in [0.25, 0.3) is 0 Å². The number of amides is 6. The van der Waals surface area contributed by atoms with Crippen LogP contribution < -0.4 is 29.9 Å². The number of carbonyl (C=O) groups excluding carboxylic acids is 8. The second-order valence-electron chi connectivity index (χ2n) is 28.6. The van der Waals surface area contributed by atoms with Crippen molar-refractivity contribution in [2.24, 2.45) is 11.8 Å². The van der Waals surface area contributed by atoms with Crippen LogP contribution in [-0.2, 0) is 79.5 Å². The molecule has 6 heterocycles. The van der Waals surface area contributed by atoms with Crippen LogP contribution in [0.15, 0.2) is 71.9 Å². The Hall–Kier alpha value is -6.60. The quantitative estimate of drug-likeness (QED) is 0.0420. The standard InChI is InChI=1S/C38H54ClN3O10S.C35H48ClN3O10S/c1-21-12-11-13-28(49-10)38(47)20-27(50-35(46)40-38)22(2)33-37(6,52-33)29(51-34(45)23(3)41(7)30(43)14-15-36(4,5)53)19-31(44)42(8)25-17-24(16-21)18-26(48-9)32(25)39;1-19-10-9-11-26(46-8)35(44)18-25(47-33(43)37-35)20(2)31-34(4,49-31)27(48-32(42)21(3)38(5)28(40)12-13-50)17-29(41)39(6)23-15-22(14-19)16-24(45-7)30(23)36/h11-13,17-18,22-23,27-29,33,47,53H,14-16,19-20H2,1-10H3,(H,40,46);9-11,15-16,20-21,25-27,31,44,50H,12-14,17-18H2,1-8H3,(H,37,43)/b13-11+,21-12+;11-9+,19-10+/t22-,23+,27+,28-,29+,33+,37+,38+;20-,21+,25+,26-,27+,31+,34+,35+/m11/s1. The van der Waals surface area contributed by atoms with E-state index in [0.717, 1.165) is 22.3 Å². The number of epoxide rings is 2. The highest BCUT2D eigenvalue weighted by Crippen LogP contribution is 2.51. The number of esters is 2. The van der Waals surface area contributed by atoms with Crippen LogP contribution >= 0.6 is 48.5 Å². The van der Waals surface area contributed by atoms with Gasteiger partial charge in [0.2, 0.25) is 23.6 Å². The summed E-state index contributed by atoms with van der Waals surface area (Å²) in [4.78, 5) is 112. The Morgan fingerprint density at radius 1 is 0.670 bits per heavy atom. The zero-order valence-electron chi connectivity index (χ0n) is 62.0. The average molecular weight is 1520 g/mol. The molecule has 0 aliphatic carbocycles. The molecule has 103 heavy (non-hydrogen) atoms. The maximum Gasteiger partial charge on any atom is 0.409 e. The molecule has 570 valence electrons. The topological polar surface area (TPSA) is 313 Å². The third-order valence-electron chi connectivity index (χ3n) is 20.3. The van der Waals surface area contributed by atoms with Gasteiger partial charge in [-0.25, -0.2) is 19.2 Å². The summed E-state index contributed by atoms with van der Waals surface area (Å²) in [5.74, 6) is -2.88. The molecule has 8 bridgehead atoms. The molecule has 30 heteroatoms. The number of thiol groups is 2. The number of hydrogen-bond donors (Lipinski definition) is 6. The van der Waals surface area contributed by atoms with Gasteiger partial charge in [-0.1, -0.05) is 98.5 Å². The molecular weight excluding hydrogens is 1420 g/mol. The van der Waals surface area contributed by atoms with Crippen molar-refractivity contribution in [1.29, 1.82) is 0 Å². The molecule has 16 atom stereocenters. The highest BCUT2D eigenvalue weighted by Gasteiger charge is 2.66. The molecule has 4 fully saturated rings. The Morgan fingerprint density at radius 2 is 1.04 bits per heavy atom. The number of benzene rings is 2. The summed E-state index contributed by atoms with van der Waals surface area (Å²) < 4.78 is 57.9. The number of carbonyl (C=O) groups is 8. The van der Waals surface area contributed by atoms with Crippen LogP contribution in [0.2, 0.25) is 10.0 Å². The Morgan fingerprint density at radius 3 is 1.38 bits per heavy atom. The van der Waals surface area contributed by atoms with Crippen molar-refractivity contribution in [2.75, 3.05) is 72.2 Å². The number of fused-ring (bicyclic) bond motifs is 10. The number of nitrogens with zero attached hydrogens (tertiary/aromatic N) is 4. The van der Waals surface area contributed by atoms with Gasteiger partial charge in [0.1, 0.15) is 81.5 Å². The van der Waals surface area contributed by atoms with Crippen molar-refractivity contribution < 1.29 is 95.9 Å². The number of nitrogens with one attached hydrogen (secondary N) is 2. The van der Waals surface area contributed by atoms with Crippen molar-refractivity contribution >= 4 is 108 Å². The third-order valence-corrected chi connectivity index (χ3v) is 21.5. The van der Waals surface area contributed by atoms with Crippen molar-refractivity contribution in [3.8, 4) is 11.5 Å². The molecule has 0 saturated carbocycles. The highest BCUT2D eigenvalue weighted by molar-refractivity contribution is 7.81. The molecule has 0 radical (unpaired) electrons. The molecule has 6 aliphatic rings. The molecular formula is C73H102Cl2N6O20S2. The smallest absolute Gasteiger partial charge is 0.409 e. The normalized spacial score (nSPS) is 31.9. The van der Waals surface area contributed by atoms with E-state index in [4.69, 9.17) is 70.6 Å². The van der Waals surface area contributed by atoms with Crippen LogP contribution in [0.5, 0.6) is 11.5 Å². The van der Waals surface area contributed by atoms with E-state index in [-0.39, 0.29) is 65.1 Å². The van der Waals surface area contributed by atoms with Gasteiger partial charge in [0.15, 0.2) is 11.4 Å². The predicted molar refractivity (Wildman–Crippen MR) is 393 cm³/mol. The fourth-order valence-electron chi connectivity index (χ4n) is 13.3. The van der Waals surface area contributed by atoms with Crippen LogP contribution in [0.3, 0.4) is 0 Å². The van der Waals surface area contributed by atoms with Crippen LogP contribution in [0, 0.1) is 11.8 Å². The van der Waals surface area contributed by atoms with Gasteiger partial charge in [-0.15, -0.1) is 0 Å². The minimum absolute atomic E-state index is 0.0489. The van der Waals surface area contributed by atoms with Gasteiger partial charge >= 0.3 is 24.1 Å². The molecule has 2 aromatic carbocycles. The van der Waals surface area contributed by atoms with Crippen molar-refractivity contribution in [3.05, 3.63) is 93.0 Å². The maximum atomic E-state index is 14.1. The molecule has 6 amide bonds. The second kappa shape index (κ2) is 34.3. The highest BCUT2D eigenvalue weighted by atomic mass is 35.5. The third kappa shape index (κ3) is 19.9. The molecule has 0 aromatic heterocycles. The fraction of sp³-hybridized carbons (Fsp3) is 0.616. The summed E-state index contributed by atoms with van der Waals surface area (Å²) in [5, 5.41) is 28.9. The number of allylic oxidation sites excluding steroid dienone is 6. The van der Waals surface area contributed by atoms with Gasteiger partial charge in [0, 0.05) is 84.7 Å². The summed E-state index contributed by atoms with van der Waals surface area (Å²) in [7, 11) is 12.0. The Balaban J connectivity index is 0.000000289. The number of rotatable bonds is 15. The number of aliphatic hydroxyl groups is 2. The van der Waals surface area contributed by atoms with Gasteiger partial charge in [0.25, 0.3) is 0 Å². The molecule has 2 aromatic rings. The van der Waals surface area contributed by atoms with E-state index >= 15 is 0 Å². The van der Waals surface area contributed by atoms with Crippen LogP contribution in [0.4, 0.5) is 21.0 Å². The van der Waals surface area contributed by atoms with Crippen LogP contribution in [0.1, 0.15) is 125 Å². The summed E-state index contributed by atoms with van der Waals surface area (Å²) in [6.45, 7) is 17.8. The zero-order valence-corrected chi connectivity index (χ0v) is 65.3. The number of hydrogen-bond acceptors (Lipinski definition) is 22. The first-order valence-electron chi connectivity index (χ1n) is 34.2. The Bertz CT molecular complexity index is 3630. The largest absolute Gasteiger partial charge is 0.495 e. The first-order valence-corrected chi connectivity index (χ1v) is 36.0. The summed E-state index contributed by atoms with van der Waals surface area (Å²) >= 11 is 22.1. The monoisotopic (exact) mass is 1520 g/mol. The SMILES string of the molecule is COc1cc2cc(c1Cl)N(C)C(=O)C[C@H](OC(=O)[C@H](C)N(C)C(=O)CCC(C)(C)S)[C@]1(C)O[C@H]1[C@H](C)[C@@H]1C[C@@](O)(NC(=O)O1)[C@H](OC)/C=C/C=C(\C)C2.COc1cc2cc(c1Cl)N(C)C(=O)C[C@H](OC(=O)[C@H](C)N(C)C(=O)CCS)[C@]1(C)O[C@H]1[C@H](C)[C@@H]1C[C@@](O)(NC(=O)O1)[C@H](OC)/C=C/C=C(\C)C2. The molecule has 0 spiro atoms. The zero-order chi connectivity index (χ0) is 76.8. The number of ether oxygens (including phenoxy) is 10. The number of anilines is 2. The molecule has 6 aliphatic heterocycles. The molecule has 4 N–H and O–H groups in total. The average Bonchev–Trinajstić information content (AvgIpc) is 1.58. The van der Waals surface area contributed by atoms with Gasteiger partial charge in [0.05, 0.1) is 50.6 Å². The van der Waals surface area contributed by atoms with Crippen LogP contribution in [-0.4, -0.2) is 218 Å². The van der Waals surface area contributed by atoms with E-state index in [0.29, 0.717) is 47.9 Å². The van der Waals surface area contributed by atoms with E-state index in [2.05, 4.69) is 35.9 Å². The lowest BCUT2D eigenvalue weighted by molar-refractivity contribution is -0.162. The lowest BCUT2D eigenvalue weighted by atomic mass is 9.83. The summed E-state index contributed by atoms with van der Waals surface area (Å²) in [6, 6.07) is 5.20. The van der Waals surface area contributed by atoms with E-state index in [1.165, 1.54) is 69.1 Å². The van der Waals surface area contributed by atoms with Gasteiger partial charge in [-0.2, -0.15) is 25.3 Å². The Kier molecular flexibility index (Phi) is 27.9. The number of halogens is 2. The first-order chi connectivity index (χ1) is 48.1. The lowest BCUT2D eigenvalue weighted by Gasteiger charge is -2.42. The number of alkyl carbamates (subject to hydrolysis) is 2. The molecule has 0 unspecified atom stereocenters. The fourth-order valence-corrected chi connectivity index (χ4v) is 14.2. The molecule has 26 nitrogen and oxygen atoms in total. The van der Waals surface area contributed by atoms with Crippen molar-refractivity contribution in [2.45, 2.75) is 215 Å². The Labute approximate surface area is 624 Å². The minimum atomic E-state index is -1.83. The van der Waals surface area contributed by atoms with E-state index in [9.17, 15) is 48.6 Å². The van der Waals surface area contributed by atoms with E-state index in [1.807, 2.05) is 39.8 Å². The maximum absolute atomic E-state index is 14.1. The summed E-state index contributed by atoms with van der Waals surface area (Å²) in [5.41, 5.74) is -1.82. The van der Waals surface area contributed by atoms with E-state index in [1.54, 1.807) is 97.3 Å². The first kappa shape index (κ1) is 83.7. The molecule has 4 saturated heterocycles. The van der Waals surface area contributed by atoms with Crippen molar-refractivity contribution in [3.63, 3.8) is 0 Å². The lowest BCUT2D eigenvalue weighted by Crippen LogP contribution is -2.63.